The third-order valence-corrected chi connectivity index (χ3v) is 3.61. The van der Waals surface area contributed by atoms with E-state index in [0.717, 1.165) is 0 Å². The summed E-state index contributed by atoms with van der Waals surface area (Å²) in [4.78, 5) is 11.3. The van der Waals surface area contributed by atoms with E-state index in [2.05, 4.69) is 5.10 Å². The number of benzene rings is 2. The Morgan fingerprint density at radius 1 is 1.00 bits per heavy atom. The zero-order chi connectivity index (χ0) is 16.6. The van der Waals surface area contributed by atoms with Gasteiger partial charge in [0.2, 0.25) is 0 Å². The van der Waals surface area contributed by atoms with Gasteiger partial charge in [-0.3, -0.25) is 4.79 Å². The molecule has 0 unspecified atom stereocenters. The van der Waals surface area contributed by atoms with Crippen LogP contribution in [-0.2, 0) is 0 Å². The topological polar surface area (TPSA) is 34.9 Å². The number of para-hydroxylation sites is 1. The smallest absolute Gasteiger partial charge is 0.161 e. The molecule has 1 aromatic heterocycles. The molecule has 0 aliphatic rings. The first-order valence-corrected chi connectivity index (χ1v) is 6.84. The SMILES string of the molecule is O=Cc1c(-c2cc(F)c(F)cc2F)nn(-c2ccccc2)c1Cl. The van der Waals surface area contributed by atoms with Crippen molar-refractivity contribution >= 4 is 17.9 Å². The minimum Gasteiger partial charge on any atom is -0.298 e. The number of carbonyl (C=O) groups is 1. The van der Waals surface area contributed by atoms with Gasteiger partial charge in [0.15, 0.2) is 17.9 Å². The predicted molar refractivity (Wildman–Crippen MR) is 79.3 cm³/mol. The van der Waals surface area contributed by atoms with Crippen LogP contribution in [0.4, 0.5) is 13.2 Å². The highest BCUT2D eigenvalue weighted by Gasteiger charge is 2.22. The van der Waals surface area contributed by atoms with Crippen LogP contribution in [0.2, 0.25) is 5.15 Å². The molecule has 0 atom stereocenters. The zero-order valence-electron chi connectivity index (χ0n) is 11.4. The third-order valence-electron chi connectivity index (χ3n) is 3.25. The Morgan fingerprint density at radius 2 is 1.65 bits per heavy atom. The van der Waals surface area contributed by atoms with Crippen molar-refractivity contribution in [2.75, 3.05) is 0 Å². The summed E-state index contributed by atoms with van der Waals surface area (Å²) in [5.74, 6) is -3.61. The monoisotopic (exact) mass is 336 g/mol. The van der Waals surface area contributed by atoms with Crippen LogP contribution in [0.1, 0.15) is 10.4 Å². The normalized spacial score (nSPS) is 10.8. The van der Waals surface area contributed by atoms with Gasteiger partial charge in [-0.05, 0) is 18.2 Å². The van der Waals surface area contributed by atoms with Gasteiger partial charge in [-0.15, -0.1) is 0 Å². The summed E-state index contributed by atoms with van der Waals surface area (Å²) in [6.07, 6.45) is 0.394. The number of halogens is 4. The molecule has 0 amide bonds. The van der Waals surface area contributed by atoms with Gasteiger partial charge in [-0.25, -0.2) is 17.9 Å². The largest absolute Gasteiger partial charge is 0.298 e. The summed E-state index contributed by atoms with van der Waals surface area (Å²) in [7, 11) is 0. The summed E-state index contributed by atoms with van der Waals surface area (Å²) < 4.78 is 41.7. The number of rotatable bonds is 3. The number of nitrogens with zero attached hydrogens (tertiary/aromatic N) is 2. The highest BCUT2D eigenvalue weighted by Crippen LogP contribution is 2.32. The maximum atomic E-state index is 14.0. The maximum Gasteiger partial charge on any atom is 0.161 e. The maximum absolute atomic E-state index is 14.0. The van der Waals surface area contributed by atoms with Crippen LogP contribution in [-0.4, -0.2) is 16.1 Å². The van der Waals surface area contributed by atoms with Crippen LogP contribution < -0.4 is 0 Å². The van der Waals surface area contributed by atoms with Gasteiger partial charge in [0, 0.05) is 11.6 Å². The molecule has 0 bridgehead atoms. The summed E-state index contributed by atoms with van der Waals surface area (Å²) in [5.41, 5.74) is -0.0805. The van der Waals surface area contributed by atoms with Crippen LogP contribution in [0.25, 0.3) is 16.9 Å². The zero-order valence-corrected chi connectivity index (χ0v) is 12.2. The first-order valence-electron chi connectivity index (χ1n) is 6.47. The van der Waals surface area contributed by atoms with Crippen molar-refractivity contribution in [1.82, 2.24) is 9.78 Å². The molecule has 7 heteroatoms. The first kappa shape index (κ1) is 15.3. The molecule has 0 spiro atoms. The summed E-state index contributed by atoms with van der Waals surface area (Å²) in [6, 6.07) is 9.63. The Kier molecular flexibility index (Phi) is 3.92. The fraction of sp³-hybridized carbons (Fsp3) is 0. The van der Waals surface area contributed by atoms with Crippen LogP contribution in [0.15, 0.2) is 42.5 Å². The van der Waals surface area contributed by atoms with Gasteiger partial charge in [0.25, 0.3) is 0 Å². The Morgan fingerprint density at radius 3 is 2.30 bits per heavy atom. The molecule has 0 saturated heterocycles. The molecular formula is C16H8ClF3N2O. The van der Waals surface area contributed by atoms with Crippen LogP contribution in [0, 0.1) is 17.5 Å². The van der Waals surface area contributed by atoms with E-state index in [4.69, 9.17) is 11.6 Å². The Hall–Kier alpha value is -2.60. The summed E-state index contributed by atoms with van der Waals surface area (Å²) in [5, 5.41) is 4.03. The van der Waals surface area contributed by atoms with E-state index in [1.165, 1.54) is 4.68 Å². The van der Waals surface area contributed by atoms with E-state index in [0.29, 0.717) is 24.1 Å². The molecule has 0 radical (unpaired) electrons. The lowest BCUT2D eigenvalue weighted by Gasteiger charge is -2.03. The first-order chi connectivity index (χ1) is 11.0. The molecule has 3 rings (SSSR count). The molecule has 0 saturated carbocycles. The molecule has 116 valence electrons. The fourth-order valence-corrected chi connectivity index (χ4v) is 2.43. The van der Waals surface area contributed by atoms with Crippen LogP contribution in [0.3, 0.4) is 0 Å². The van der Waals surface area contributed by atoms with Gasteiger partial charge in [-0.2, -0.15) is 5.10 Å². The molecule has 0 aliphatic heterocycles. The molecule has 0 aliphatic carbocycles. The van der Waals surface area contributed by atoms with E-state index in [1.54, 1.807) is 30.3 Å². The van der Waals surface area contributed by atoms with Crippen molar-refractivity contribution in [2.24, 2.45) is 0 Å². The average Bonchev–Trinajstić information content (AvgIpc) is 2.88. The third kappa shape index (κ3) is 2.61. The molecule has 2 aromatic carbocycles. The second-order valence-corrected chi connectivity index (χ2v) is 5.02. The van der Waals surface area contributed by atoms with E-state index < -0.39 is 17.5 Å². The number of hydrogen-bond donors (Lipinski definition) is 0. The van der Waals surface area contributed by atoms with Crippen molar-refractivity contribution < 1.29 is 18.0 Å². The Bertz CT molecular complexity index is 894. The van der Waals surface area contributed by atoms with E-state index >= 15 is 0 Å². The number of aldehydes is 1. The Balaban J connectivity index is 2.25. The van der Waals surface area contributed by atoms with Crippen molar-refractivity contribution in [1.29, 1.82) is 0 Å². The highest BCUT2D eigenvalue weighted by atomic mass is 35.5. The van der Waals surface area contributed by atoms with Crippen LogP contribution >= 0.6 is 11.6 Å². The van der Waals surface area contributed by atoms with Crippen molar-refractivity contribution in [3.63, 3.8) is 0 Å². The summed E-state index contributed by atoms with van der Waals surface area (Å²) in [6.45, 7) is 0. The minimum absolute atomic E-state index is 0.0506. The van der Waals surface area contributed by atoms with Gasteiger partial charge in [-0.1, -0.05) is 29.8 Å². The van der Waals surface area contributed by atoms with Gasteiger partial charge >= 0.3 is 0 Å². The Labute approximate surface area is 133 Å². The average molecular weight is 337 g/mol. The lowest BCUT2D eigenvalue weighted by atomic mass is 10.1. The second-order valence-electron chi connectivity index (χ2n) is 4.66. The standard InChI is InChI=1S/C16H8ClF3N2O/c17-16-11(8-23)15(10-6-13(19)14(20)7-12(10)18)21-22(16)9-4-2-1-3-5-9/h1-8H. The molecule has 0 N–H and O–H groups in total. The molecule has 0 fully saturated rings. The number of hydrogen-bond acceptors (Lipinski definition) is 2. The quantitative estimate of drug-likeness (QED) is 0.524. The van der Waals surface area contributed by atoms with E-state index in [1.807, 2.05) is 0 Å². The molecule has 1 heterocycles. The van der Waals surface area contributed by atoms with Gasteiger partial charge in [0.05, 0.1) is 11.3 Å². The predicted octanol–water partition coefficient (Wildman–Crippen LogP) is 4.42. The molecule has 23 heavy (non-hydrogen) atoms. The minimum atomic E-state index is -1.33. The number of aromatic nitrogens is 2. The van der Waals surface area contributed by atoms with Crippen LogP contribution in [0.5, 0.6) is 0 Å². The van der Waals surface area contributed by atoms with E-state index in [9.17, 15) is 18.0 Å². The van der Waals surface area contributed by atoms with Crippen molar-refractivity contribution in [2.45, 2.75) is 0 Å². The van der Waals surface area contributed by atoms with Gasteiger partial charge < -0.3 is 0 Å². The lowest BCUT2D eigenvalue weighted by molar-refractivity contribution is 0.112. The van der Waals surface area contributed by atoms with Crippen molar-refractivity contribution in [3.05, 3.63) is 70.6 Å². The molecular weight excluding hydrogens is 329 g/mol. The van der Waals surface area contributed by atoms with Crippen molar-refractivity contribution in [3.8, 4) is 16.9 Å². The van der Waals surface area contributed by atoms with E-state index in [-0.39, 0.29) is 22.0 Å². The summed E-state index contributed by atoms with van der Waals surface area (Å²) >= 11 is 6.12. The highest BCUT2D eigenvalue weighted by molar-refractivity contribution is 6.32. The number of carbonyl (C=O) groups excluding carboxylic acids is 1. The van der Waals surface area contributed by atoms with Gasteiger partial charge in [0.1, 0.15) is 16.7 Å². The second kappa shape index (κ2) is 5.89. The lowest BCUT2D eigenvalue weighted by Crippen LogP contribution is -1.97. The molecule has 3 nitrogen and oxygen atoms in total. The fourth-order valence-electron chi connectivity index (χ4n) is 2.16. The molecule has 3 aromatic rings.